The van der Waals surface area contributed by atoms with Crippen LogP contribution in [0.25, 0.3) is 0 Å². The maximum atomic E-state index is 8.56. The Bertz CT molecular complexity index is 116. The van der Waals surface area contributed by atoms with Crippen LogP contribution in [-0.2, 0) is 0 Å². The van der Waals surface area contributed by atoms with Crippen LogP contribution in [0, 0.1) is 0 Å². The van der Waals surface area contributed by atoms with E-state index in [0.717, 1.165) is 0 Å². The Morgan fingerprint density at radius 1 is 0.500 bits per heavy atom. The summed E-state index contributed by atoms with van der Waals surface area (Å²) in [7, 11) is 0. The van der Waals surface area contributed by atoms with Crippen LogP contribution in [0.15, 0.2) is 0 Å². The normalized spacial score (nSPS) is 5.14. The molecule has 0 saturated carbocycles. The van der Waals surface area contributed by atoms with Crippen molar-refractivity contribution in [2.75, 3.05) is 0 Å². The van der Waals surface area contributed by atoms with E-state index >= 15 is 0 Å². The molecule has 0 saturated heterocycles. The van der Waals surface area contributed by atoms with Gasteiger partial charge in [-0.1, -0.05) is 0 Å². The van der Waals surface area contributed by atoms with Gasteiger partial charge in [-0.2, -0.15) is 0 Å². The van der Waals surface area contributed by atoms with E-state index < -0.39 is 18.5 Å². The average Bonchev–Trinajstić information content (AvgIpc) is 1.54. The van der Waals surface area contributed by atoms with Gasteiger partial charge in [0, 0.05) is 0 Å². The summed E-state index contributed by atoms with van der Waals surface area (Å²) in [5.74, 6) is 0. The summed E-state index contributed by atoms with van der Waals surface area (Å²) in [4.78, 5) is 25.7. The summed E-state index contributed by atoms with van der Waals surface area (Å²) in [6.07, 6.45) is -5.50. The molecule has 0 spiro atoms. The number of rotatable bonds is 0. The molecule has 0 amide bonds. The molecule has 2 unspecified atom stereocenters. The van der Waals surface area contributed by atoms with Crippen LogP contribution in [0.1, 0.15) is 0 Å². The first kappa shape index (κ1) is 29.3. The predicted molar refractivity (Wildman–Crippen MR) is 51.8 cm³/mol. The second-order valence-corrected chi connectivity index (χ2v) is 0.848. The van der Waals surface area contributed by atoms with Gasteiger partial charge in [0.15, 0.2) is 0 Å². The molecule has 14 heavy (non-hydrogen) atoms. The molecular formula is C3H12As2O9. The van der Waals surface area contributed by atoms with E-state index in [2.05, 4.69) is 0 Å². The van der Waals surface area contributed by atoms with Crippen molar-refractivity contribution in [1.82, 2.24) is 0 Å². The second-order valence-electron chi connectivity index (χ2n) is 0.848. The van der Waals surface area contributed by atoms with Crippen LogP contribution in [0.4, 0.5) is 14.4 Å². The van der Waals surface area contributed by atoms with Crippen molar-refractivity contribution in [2.24, 2.45) is 0 Å². The summed E-state index contributed by atoms with van der Waals surface area (Å²) in [5.41, 5.74) is 0. The minimum atomic E-state index is -1.83. The molecule has 0 bridgehead atoms. The quantitative estimate of drug-likeness (QED) is 0.281. The van der Waals surface area contributed by atoms with Crippen molar-refractivity contribution in [3.63, 3.8) is 0 Å². The number of carbonyl (C=O) groups is 3. The molecule has 0 aromatic carbocycles. The van der Waals surface area contributed by atoms with Gasteiger partial charge in [-0.15, -0.1) is 0 Å². The molecule has 0 aliphatic carbocycles. The first-order valence-corrected chi connectivity index (χ1v) is 1.95. The van der Waals surface area contributed by atoms with E-state index in [4.69, 9.17) is 45.0 Å². The molecule has 0 aliphatic rings. The van der Waals surface area contributed by atoms with Gasteiger partial charge in [0.2, 0.25) is 0 Å². The molecule has 0 aliphatic heterocycles. The van der Waals surface area contributed by atoms with Crippen molar-refractivity contribution in [3.8, 4) is 0 Å². The van der Waals surface area contributed by atoms with Gasteiger partial charge < -0.3 is 30.6 Å². The molecule has 0 radical (unpaired) electrons. The van der Waals surface area contributed by atoms with Gasteiger partial charge in [-0.25, -0.2) is 14.4 Å². The molecular weight excluding hydrogens is 330 g/mol. The van der Waals surface area contributed by atoms with Crippen LogP contribution >= 0.6 is 0 Å². The standard InChI is InChI=1S/3CH2O3.2AsH3/c3*2-1(3)4;;/h3*(H2,2,3,4);2*1H3. The average molecular weight is 342 g/mol. The maximum absolute atomic E-state index is 8.56. The van der Waals surface area contributed by atoms with Gasteiger partial charge in [-0.05, 0) is 0 Å². The third-order valence-corrected chi connectivity index (χ3v) is 0. The van der Waals surface area contributed by atoms with Crippen molar-refractivity contribution in [2.45, 2.75) is 0 Å². The Kier molecular flexibility index (Phi) is 47.4. The molecule has 11 heteroatoms. The second kappa shape index (κ2) is 22.7. The molecule has 6 N–H and O–H groups in total. The van der Waals surface area contributed by atoms with Crippen LogP contribution in [0.2, 0.25) is 0 Å². The fraction of sp³-hybridized carbons (Fsp3) is 0. The van der Waals surface area contributed by atoms with Gasteiger partial charge in [-0.3, -0.25) is 0 Å². The summed E-state index contributed by atoms with van der Waals surface area (Å²) in [6.45, 7) is 0. The molecule has 88 valence electrons. The molecule has 0 heterocycles. The number of carboxylic acid groups (broad SMARTS) is 6. The van der Waals surface area contributed by atoms with E-state index in [0.29, 0.717) is 0 Å². The van der Waals surface area contributed by atoms with Gasteiger partial charge >= 0.3 is 54.4 Å². The fourth-order valence-corrected chi connectivity index (χ4v) is 0. The first-order valence-electron chi connectivity index (χ1n) is 1.95. The Balaban J connectivity index is -0.0000000270. The predicted octanol–water partition coefficient (Wildman–Crippen LogP) is -1.70. The van der Waals surface area contributed by atoms with Gasteiger partial charge in [0.1, 0.15) is 0 Å². The third kappa shape index (κ3) is 935. The summed E-state index contributed by atoms with van der Waals surface area (Å²) in [6, 6.07) is 0. The number of hydrogen-bond donors (Lipinski definition) is 6. The molecule has 0 aromatic heterocycles. The van der Waals surface area contributed by atoms with Crippen LogP contribution in [0.3, 0.4) is 0 Å². The monoisotopic (exact) mass is 342 g/mol. The topological polar surface area (TPSA) is 173 Å². The van der Waals surface area contributed by atoms with Crippen LogP contribution < -0.4 is 0 Å². The fourth-order valence-electron chi connectivity index (χ4n) is 0. The van der Waals surface area contributed by atoms with Crippen molar-refractivity contribution < 1.29 is 45.0 Å². The van der Waals surface area contributed by atoms with E-state index in [-0.39, 0.29) is 35.9 Å². The molecule has 0 rings (SSSR count). The third-order valence-electron chi connectivity index (χ3n) is 0. The van der Waals surface area contributed by atoms with E-state index in [1.807, 2.05) is 0 Å². The Morgan fingerprint density at radius 3 is 0.500 bits per heavy atom. The van der Waals surface area contributed by atoms with Crippen molar-refractivity contribution in [3.05, 3.63) is 0 Å². The minimum absolute atomic E-state index is 0. The van der Waals surface area contributed by atoms with E-state index in [1.165, 1.54) is 0 Å². The zero-order chi connectivity index (χ0) is 10.7. The molecule has 9 nitrogen and oxygen atoms in total. The summed E-state index contributed by atoms with van der Waals surface area (Å²) >= 11 is 0. The summed E-state index contributed by atoms with van der Waals surface area (Å²) in [5, 5.41) is 41.8. The molecule has 0 aromatic rings. The zero-order valence-electron chi connectivity index (χ0n) is 6.82. The van der Waals surface area contributed by atoms with Crippen LogP contribution in [-0.4, -0.2) is 85.0 Å². The van der Waals surface area contributed by atoms with Gasteiger partial charge in [0.25, 0.3) is 0 Å². The molecule has 2 atom stereocenters. The summed E-state index contributed by atoms with van der Waals surface area (Å²) < 4.78 is 0. The van der Waals surface area contributed by atoms with Gasteiger partial charge in [0.05, 0.1) is 0 Å². The first-order chi connectivity index (χ1) is 5.20. The van der Waals surface area contributed by atoms with Crippen molar-refractivity contribution >= 4 is 54.4 Å². The SMILES string of the molecule is O=C(O)O.O=C(O)O.O=C(O)O.[AsH3].[AsH3]. The Morgan fingerprint density at radius 2 is 0.500 bits per heavy atom. The molecule has 0 fully saturated rings. The van der Waals surface area contributed by atoms with Crippen LogP contribution in [0.5, 0.6) is 0 Å². The Hall–Kier alpha value is -1.07. The number of hydrogen-bond acceptors (Lipinski definition) is 3. The Labute approximate surface area is 99.6 Å². The van der Waals surface area contributed by atoms with E-state index in [9.17, 15) is 0 Å². The van der Waals surface area contributed by atoms with E-state index in [1.54, 1.807) is 0 Å². The van der Waals surface area contributed by atoms with Crippen molar-refractivity contribution in [1.29, 1.82) is 0 Å². The zero-order valence-corrected chi connectivity index (χ0v) is 12.8.